The Morgan fingerprint density at radius 1 is 0.750 bits per heavy atom. The van der Waals surface area contributed by atoms with Crippen LogP contribution in [0, 0.1) is 93.8 Å². The molecule has 0 heterocycles. The molecule has 0 fully saturated rings. The summed E-state index contributed by atoms with van der Waals surface area (Å²) in [5.74, 6) is 0. The van der Waals surface area contributed by atoms with Gasteiger partial charge < -0.3 is 0 Å². The number of rotatable bonds is 0. The van der Waals surface area contributed by atoms with Crippen molar-refractivity contribution >= 4 is 0 Å². The van der Waals surface area contributed by atoms with E-state index in [0.29, 0.717) is 0 Å². The van der Waals surface area contributed by atoms with E-state index < -0.39 is 0 Å². The van der Waals surface area contributed by atoms with Crippen LogP contribution in [-0.4, -0.2) is 10.5 Å². The third-order valence-electron chi connectivity index (χ3n) is 0. The molecule has 0 spiro atoms. The Hall–Kier alpha value is 2.96. The Kier molecular flexibility index (Phi) is 66.0. The zero-order chi connectivity index (χ0) is 2.00. The molecule has 0 aromatic heterocycles. The van der Waals surface area contributed by atoms with Gasteiger partial charge in [0.1, 0.15) is 0 Å². The van der Waals surface area contributed by atoms with E-state index in [1.165, 1.54) is 0 Å². The van der Waals surface area contributed by atoms with Crippen LogP contribution in [0.5, 0.6) is 0 Å². The van der Waals surface area contributed by atoms with Gasteiger partial charge >= 0.3 is 0 Å². The van der Waals surface area contributed by atoms with Crippen molar-refractivity contribution in [3.63, 3.8) is 0 Å². The van der Waals surface area contributed by atoms with Crippen LogP contribution in [0.15, 0.2) is 0 Å². The third kappa shape index (κ3) is 8.88. The van der Waals surface area contributed by atoms with Gasteiger partial charge in [-0.25, -0.2) is 0 Å². The molecule has 0 aromatic carbocycles. The molecule has 0 unspecified atom stereocenters. The molecule has 0 aliphatic carbocycles. The minimum absolute atomic E-state index is 0. The zero-order valence-electron chi connectivity index (χ0n) is 1.43. The van der Waals surface area contributed by atoms with E-state index >= 15 is 0 Å². The summed E-state index contributed by atoms with van der Waals surface area (Å²) >= 11 is 0. The van der Waals surface area contributed by atoms with Crippen LogP contribution in [0.1, 0.15) is 0 Å². The monoisotopic (exact) mass is 382 g/mol. The summed E-state index contributed by atoms with van der Waals surface area (Å²) in [6.07, 6.45) is 0. The maximum Gasteiger partial charge on any atom is 0 e. The second-order valence-corrected chi connectivity index (χ2v) is 0. The fourth-order valence-electron chi connectivity index (χ4n) is 0. The van der Waals surface area contributed by atoms with Gasteiger partial charge in [0.05, 0.1) is 0 Å². The van der Waals surface area contributed by atoms with Crippen LogP contribution in [0.2, 0.25) is 0 Å². The second kappa shape index (κ2) is 16.7. The molecule has 0 aliphatic heterocycles. The van der Waals surface area contributed by atoms with Crippen LogP contribution in [0.25, 0.3) is 0 Å². The van der Waals surface area contributed by atoms with Crippen LogP contribution in [-0.2, 0) is 0 Å². The van der Waals surface area contributed by atoms with Crippen molar-refractivity contribution < 1.29 is 104 Å². The van der Waals surface area contributed by atoms with Gasteiger partial charge in [-0.1, -0.05) is 0 Å². The molecular formula is H2O2Yb2. The molecule has 0 bridgehead atoms. The predicted octanol–water partition coefficient (Wildman–Crippen LogP) is 0.0174. The Morgan fingerprint density at radius 3 is 0.750 bits per heavy atom. The van der Waals surface area contributed by atoms with Gasteiger partial charge in [0, 0.05) is 93.8 Å². The molecule has 0 saturated heterocycles. The van der Waals surface area contributed by atoms with Crippen molar-refractivity contribution in [3.8, 4) is 0 Å². The van der Waals surface area contributed by atoms with Gasteiger partial charge in [0.25, 0.3) is 0 Å². The summed E-state index contributed by atoms with van der Waals surface area (Å²) < 4.78 is 0. The second-order valence-electron chi connectivity index (χ2n) is 0. The topological polar surface area (TPSA) is 40.5 Å². The van der Waals surface area contributed by atoms with E-state index in [4.69, 9.17) is 10.5 Å². The Bertz CT molecular complexity index is 4.00. The summed E-state index contributed by atoms with van der Waals surface area (Å²) in [5, 5.41) is 12.0. The van der Waals surface area contributed by atoms with Crippen molar-refractivity contribution in [1.29, 1.82) is 0 Å². The van der Waals surface area contributed by atoms with Gasteiger partial charge in [0.2, 0.25) is 0 Å². The molecule has 4 heavy (non-hydrogen) atoms. The summed E-state index contributed by atoms with van der Waals surface area (Å²) in [4.78, 5) is 0. The third-order valence-corrected chi connectivity index (χ3v) is 0. The van der Waals surface area contributed by atoms with Crippen molar-refractivity contribution in [2.45, 2.75) is 0 Å². The molecule has 0 amide bonds. The normalized spacial score (nSPS) is 1.50. The van der Waals surface area contributed by atoms with Crippen molar-refractivity contribution in [3.05, 3.63) is 0 Å². The van der Waals surface area contributed by atoms with E-state index in [9.17, 15) is 0 Å². The van der Waals surface area contributed by atoms with Crippen LogP contribution >= 0.6 is 0 Å². The minimum Gasteiger partial charge on any atom is -0.255 e. The maximum absolute atomic E-state index is 6.00. The van der Waals surface area contributed by atoms with Crippen LogP contribution in [0.3, 0.4) is 0 Å². The van der Waals surface area contributed by atoms with Gasteiger partial charge in [-0.15, -0.1) is 0 Å². The molecule has 42 valence electrons. The van der Waals surface area contributed by atoms with Gasteiger partial charge in [-0.3, -0.25) is 10.5 Å². The first kappa shape index (κ1) is 15.8. The number of hydrogen-bond donors (Lipinski definition) is 2. The van der Waals surface area contributed by atoms with Crippen molar-refractivity contribution in [2.75, 3.05) is 0 Å². The Labute approximate surface area is 101 Å². The van der Waals surface area contributed by atoms with Gasteiger partial charge in [0.15, 0.2) is 0 Å². The Balaban J connectivity index is -0.00000000500. The molecule has 0 atom stereocenters. The fraction of sp³-hybridized carbons (Fsp3) is 0. The smallest absolute Gasteiger partial charge is 0 e. The van der Waals surface area contributed by atoms with E-state index in [-0.39, 0.29) is 93.8 Å². The summed E-state index contributed by atoms with van der Waals surface area (Å²) in [5.41, 5.74) is 0. The SMILES string of the molecule is OO.[Yb].[Yb]. The van der Waals surface area contributed by atoms with E-state index in [2.05, 4.69) is 0 Å². The van der Waals surface area contributed by atoms with Gasteiger partial charge in [-0.05, 0) is 0 Å². The largest absolute Gasteiger partial charge is 0.255 e. The van der Waals surface area contributed by atoms with E-state index in [0.717, 1.165) is 0 Å². The molecule has 0 saturated carbocycles. The first-order valence-electron chi connectivity index (χ1n) is 0.200. The molecule has 0 aromatic rings. The zero-order valence-corrected chi connectivity index (χ0v) is 4.86. The average Bonchev–Trinajstić information content (AvgIpc) is 1.00. The van der Waals surface area contributed by atoms with Crippen molar-refractivity contribution in [2.24, 2.45) is 0 Å². The fourth-order valence-corrected chi connectivity index (χ4v) is 0. The molecule has 2 N–H and O–H groups in total. The van der Waals surface area contributed by atoms with Gasteiger partial charge in [-0.2, -0.15) is 0 Å². The standard InChI is InChI=1S/H2O2.2Yb/c1-2;;/h1-2H;;. The van der Waals surface area contributed by atoms with Crippen LogP contribution in [0.4, 0.5) is 0 Å². The maximum atomic E-state index is 6.00. The Morgan fingerprint density at radius 2 is 0.750 bits per heavy atom. The molecule has 0 radical (unpaired) electrons. The quantitative estimate of drug-likeness (QED) is 0.460. The minimum atomic E-state index is 0. The summed E-state index contributed by atoms with van der Waals surface area (Å²) in [7, 11) is 0. The average molecular weight is 380 g/mol. The van der Waals surface area contributed by atoms with E-state index in [1.54, 1.807) is 0 Å². The van der Waals surface area contributed by atoms with Crippen LogP contribution < -0.4 is 0 Å². The molecule has 0 aliphatic rings. The molecule has 2 nitrogen and oxygen atoms in total. The summed E-state index contributed by atoms with van der Waals surface area (Å²) in [6, 6.07) is 0. The summed E-state index contributed by atoms with van der Waals surface area (Å²) in [6.45, 7) is 0. The van der Waals surface area contributed by atoms with E-state index in [1.807, 2.05) is 0 Å². The predicted molar refractivity (Wildman–Crippen MR) is 5.26 cm³/mol. The first-order chi connectivity index (χ1) is 1.00. The number of hydrogen-bond acceptors (Lipinski definition) is 2. The molecular weight excluding hydrogens is 378 g/mol. The van der Waals surface area contributed by atoms with Crippen molar-refractivity contribution in [1.82, 2.24) is 0 Å². The molecule has 0 rings (SSSR count). The molecule has 4 heteroatoms. The first-order valence-corrected chi connectivity index (χ1v) is 0.200.